The summed E-state index contributed by atoms with van der Waals surface area (Å²) < 4.78 is 6.93. The fourth-order valence-corrected chi connectivity index (χ4v) is 9.21. The average Bonchev–Trinajstić information content (AvgIpc) is 2.82. The standard InChI is InChI=1S/C30H40O5Si/c1-30(2,3)36(26-18-12-9-13-19-26,27-20-14-10-15-21-27)35-22-16-8-6-4-5-7-11-17-25(23-28(31)32)24-29(33)34/h9-15,17-21,23H,4-8,16,22,24H2,1-3H3,(H,31,32)(H,33,34)/b17-11+,25-23+. The number of carboxylic acid groups (broad SMARTS) is 2. The molecule has 0 bridgehead atoms. The molecule has 0 aliphatic rings. The van der Waals surface area contributed by atoms with Crippen LogP contribution in [-0.4, -0.2) is 37.1 Å². The van der Waals surface area contributed by atoms with E-state index >= 15 is 0 Å². The lowest BCUT2D eigenvalue weighted by molar-refractivity contribution is -0.136. The number of aliphatic carboxylic acids is 2. The Morgan fingerprint density at radius 2 is 1.36 bits per heavy atom. The van der Waals surface area contributed by atoms with E-state index in [-0.39, 0.29) is 11.5 Å². The summed E-state index contributed by atoms with van der Waals surface area (Å²) in [5.41, 5.74) is 0.301. The molecule has 2 N–H and O–H groups in total. The van der Waals surface area contributed by atoms with Crippen molar-refractivity contribution in [3.05, 3.63) is 84.5 Å². The summed E-state index contributed by atoms with van der Waals surface area (Å²) in [5, 5.41) is 20.3. The zero-order valence-electron chi connectivity index (χ0n) is 21.8. The summed E-state index contributed by atoms with van der Waals surface area (Å²) in [6, 6.07) is 21.4. The lowest BCUT2D eigenvalue weighted by Gasteiger charge is -2.43. The van der Waals surface area contributed by atoms with Crippen LogP contribution in [0.15, 0.2) is 84.5 Å². The molecule has 0 aliphatic carbocycles. The highest BCUT2D eigenvalue weighted by atomic mass is 28.4. The summed E-state index contributed by atoms with van der Waals surface area (Å²) in [4.78, 5) is 21.7. The fourth-order valence-electron chi connectivity index (χ4n) is 4.61. The summed E-state index contributed by atoms with van der Waals surface area (Å²) in [6.45, 7) is 7.60. The van der Waals surface area contributed by atoms with E-state index in [4.69, 9.17) is 14.6 Å². The Hall–Kier alpha value is -2.96. The Balaban J connectivity index is 1.87. The largest absolute Gasteiger partial charge is 0.481 e. The molecule has 0 radical (unpaired) electrons. The zero-order chi connectivity index (χ0) is 26.4. The van der Waals surface area contributed by atoms with E-state index < -0.39 is 20.3 Å². The molecule has 0 aliphatic heterocycles. The van der Waals surface area contributed by atoms with Crippen molar-refractivity contribution < 1.29 is 24.2 Å². The number of benzene rings is 2. The molecule has 0 saturated heterocycles. The zero-order valence-corrected chi connectivity index (χ0v) is 22.8. The highest BCUT2D eigenvalue weighted by Gasteiger charge is 2.49. The van der Waals surface area contributed by atoms with E-state index in [9.17, 15) is 9.59 Å². The van der Waals surface area contributed by atoms with Crippen LogP contribution in [0.4, 0.5) is 0 Å². The van der Waals surface area contributed by atoms with Crippen molar-refractivity contribution in [3.8, 4) is 0 Å². The lowest BCUT2D eigenvalue weighted by atomic mass is 10.1. The Bertz CT molecular complexity index is 967. The third-order valence-corrected chi connectivity index (χ3v) is 11.3. The van der Waals surface area contributed by atoms with Crippen LogP contribution in [0.1, 0.15) is 65.7 Å². The maximum Gasteiger partial charge on any atom is 0.328 e. The first-order valence-corrected chi connectivity index (χ1v) is 14.6. The fraction of sp³-hybridized carbons (Fsp3) is 0.400. The van der Waals surface area contributed by atoms with Crippen LogP contribution in [0.25, 0.3) is 0 Å². The minimum absolute atomic E-state index is 0.0172. The SMILES string of the molecule is CC(C)(C)[Si](OCCCCCCC/C=C/C(=C\C(=O)O)CC(=O)O)(c1ccccc1)c1ccccc1. The van der Waals surface area contributed by atoms with Gasteiger partial charge in [0, 0.05) is 12.7 Å². The molecule has 0 heterocycles. The number of carboxylic acids is 2. The molecule has 0 unspecified atom stereocenters. The molecule has 0 amide bonds. The van der Waals surface area contributed by atoms with Crippen molar-refractivity contribution in [1.29, 1.82) is 0 Å². The van der Waals surface area contributed by atoms with Gasteiger partial charge in [0.25, 0.3) is 8.32 Å². The maximum absolute atomic E-state index is 10.9. The van der Waals surface area contributed by atoms with E-state index in [1.807, 2.05) is 6.08 Å². The Kier molecular flexibility index (Phi) is 11.8. The van der Waals surface area contributed by atoms with E-state index in [0.29, 0.717) is 5.57 Å². The van der Waals surface area contributed by atoms with Gasteiger partial charge in [-0.05, 0) is 40.2 Å². The number of hydrogen-bond donors (Lipinski definition) is 2. The van der Waals surface area contributed by atoms with Crippen molar-refractivity contribution in [2.24, 2.45) is 0 Å². The molecule has 0 aromatic heterocycles. The van der Waals surface area contributed by atoms with E-state index in [2.05, 4.69) is 81.4 Å². The maximum atomic E-state index is 10.9. The quantitative estimate of drug-likeness (QED) is 0.134. The van der Waals surface area contributed by atoms with E-state index in [1.165, 1.54) is 10.4 Å². The number of allylic oxidation sites excluding steroid dienone is 2. The Morgan fingerprint density at radius 3 is 1.86 bits per heavy atom. The lowest BCUT2D eigenvalue weighted by Crippen LogP contribution is -2.66. The van der Waals surface area contributed by atoms with Gasteiger partial charge in [-0.2, -0.15) is 0 Å². The van der Waals surface area contributed by atoms with E-state index in [1.54, 1.807) is 6.08 Å². The van der Waals surface area contributed by atoms with Crippen molar-refractivity contribution in [3.63, 3.8) is 0 Å². The third kappa shape index (κ3) is 8.92. The Labute approximate surface area is 216 Å². The molecule has 0 atom stereocenters. The molecule has 194 valence electrons. The Morgan fingerprint density at radius 1 is 0.833 bits per heavy atom. The van der Waals surface area contributed by atoms with Gasteiger partial charge >= 0.3 is 11.9 Å². The highest BCUT2D eigenvalue weighted by Crippen LogP contribution is 2.36. The van der Waals surface area contributed by atoms with Gasteiger partial charge in [-0.3, -0.25) is 4.79 Å². The van der Waals surface area contributed by atoms with Crippen molar-refractivity contribution >= 4 is 30.6 Å². The van der Waals surface area contributed by atoms with Crippen LogP contribution in [0.2, 0.25) is 5.04 Å². The molecular weight excluding hydrogens is 468 g/mol. The minimum atomic E-state index is -2.47. The van der Waals surface area contributed by atoms with Gasteiger partial charge in [-0.1, -0.05) is 113 Å². The van der Waals surface area contributed by atoms with Gasteiger partial charge in [0.05, 0.1) is 6.42 Å². The first-order valence-electron chi connectivity index (χ1n) is 12.7. The normalized spacial score (nSPS) is 12.7. The first-order chi connectivity index (χ1) is 17.2. The predicted octanol–water partition coefficient (Wildman–Crippen LogP) is 5.95. The second-order valence-electron chi connectivity index (χ2n) is 10.1. The van der Waals surface area contributed by atoms with Crippen LogP contribution in [0.5, 0.6) is 0 Å². The second kappa shape index (κ2) is 14.6. The molecule has 0 spiro atoms. The summed E-state index contributed by atoms with van der Waals surface area (Å²) in [7, 11) is -2.47. The van der Waals surface area contributed by atoms with Crippen LogP contribution in [0.3, 0.4) is 0 Å². The van der Waals surface area contributed by atoms with Crippen molar-refractivity contribution in [2.45, 2.75) is 70.8 Å². The third-order valence-electron chi connectivity index (χ3n) is 6.25. The molecule has 6 heteroatoms. The molecule has 2 rings (SSSR count). The average molecular weight is 509 g/mol. The van der Waals surface area contributed by atoms with Gasteiger partial charge in [0.1, 0.15) is 0 Å². The van der Waals surface area contributed by atoms with Gasteiger partial charge in [0.2, 0.25) is 0 Å². The number of unbranched alkanes of at least 4 members (excludes halogenated alkanes) is 5. The summed E-state index contributed by atoms with van der Waals surface area (Å²) in [6.07, 6.45) is 10.2. The van der Waals surface area contributed by atoms with Crippen LogP contribution in [0, 0.1) is 0 Å². The first kappa shape index (κ1) is 29.3. The highest BCUT2D eigenvalue weighted by molar-refractivity contribution is 6.99. The molecule has 0 saturated carbocycles. The monoisotopic (exact) mass is 508 g/mol. The van der Waals surface area contributed by atoms with Crippen molar-refractivity contribution in [1.82, 2.24) is 0 Å². The molecule has 2 aromatic carbocycles. The topological polar surface area (TPSA) is 83.8 Å². The van der Waals surface area contributed by atoms with Gasteiger partial charge in [0.15, 0.2) is 0 Å². The number of rotatable bonds is 15. The second-order valence-corrected chi connectivity index (χ2v) is 14.4. The summed E-state index contributed by atoms with van der Waals surface area (Å²) >= 11 is 0. The molecule has 5 nitrogen and oxygen atoms in total. The molecule has 2 aromatic rings. The molecule has 36 heavy (non-hydrogen) atoms. The predicted molar refractivity (Wildman–Crippen MR) is 148 cm³/mol. The molecular formula is C30H40O5Si. The van der Waals surface area contributed by atoms with Gasteiger partial charge in [-0.15, -0.1) is 0 Å². The summed E-state index contributed by atoms with van der Waals surface area (Å²) in [5.74, 6) is -2.16. The van der Waals surface area contributed by atoms with Crippen LogP contribution >= 0.6 is 0 Å². The van der Waals surface area contributed by atoms with Gasteiger partial charge in [-0.25, -0.2) is 4.79 Å². The van der Waals surface area contributed by atoms with Gasteiger partial charge < -0.3 is 14.6 Å². The minimum Gasteiger partial charge on any atom is -0.481 e. The van der Waals surface area contributed by atoms with Crippen LogP contribution < -0.4 is 10.4 Å². The number of hydrogen-bond acceptors (Lipinski definition) is 3. The number of carbonyl (C=O) groups is 2. The smallest absolute Gasteiger partial charge is 0.328 e. The van der Waals surface area contributed by atoms with E-state index in [0.717, 1.165) is 51.2 Å². The van der Waals surface area contributed by atoms with Crippen LogP contribution in [-0.2, 0) is 14.0 Å². The molecule has 0 fully saturated rings. The van der Waals surface area contributed by atoms with Crippen molar-refractivity contribution in [2.75, 3.05) is 6.61 Å².